The van der Waals surface area contributed by atoms with E-state index < -0.39 is 11.5 Å². The third-order valence-corrected chi connectivity index (χ3v) is 5.60. The minimum absolute atomic E-state index is 0.169. The smallest absolute Gasteiger partial charge is 0.329 e. The third-order valence-electron chi connectivity index (χ3n) is 4.39. The molecule has 114 valence electrons. The summed E-state index contributed by atoms with van der Waals surface area (Å²) in [6.07, 6.45) is 4.85. The molecule has 0 aromatic rings. The lowest BCUT2D eigenvalue weighted by atomic mass is 9.77. The monoisotopic (exact) mass is 300 g/mol. The zero-order chi connectivity index (χ0) is 14.6. The number of rotatable bonds is 3. The van der Waals surface area contributed by atoms with Crippen molar-refractivity contribution in [1.82, 2.24) is 10.6 Å². The van der Waals surface area contributed by atoms with Gasteiger partial charge in [-0.1, -0.05) is 6.92 Å². The minimum atomic E-state index is -1.07. The van der Waals surface area contributed by atoms with Crippen molar-refractivity contribution < 1.29 is 14.7 Å². The summed E-state index contributed by atoms with van der Waals surface area (Å²) in [7, 11) is 0. The summed E-state index contributed by atoms with van der Waals surface area (Å²) in [6, 6.07) is -0.156. The molecule has 2 amide bonds. The molecular weight excluding hydrogens is 276 g/mol. The second-order valence-corrected chi connectivity index (χ2v) is 7.23. The summed E-state index contributed by atoms with van der Waals surface area (Å²) in [6.45, 7) is 2.13. The Morgan fingerprint density at radius 1 is 1.25 bits per heavy atom. The lowest BCUT2D eigenvalue weighted by Crippen LogP contribution is -2.60. The van der Waals surface area contributed by atoms with Gasteiger partial charge in [0.1, 0.15) is 5.54 Å². The average Bonchev–Trinajstić information content (AvgIpc) is 2.42. The van der Waals surface area contributed by atoms with Gasteiger partial charge in [-0.25, -0.2) is 9.59 Å². The van der Waals surface area contributed by atoms with Crippen molar-refractivity contribution in [1.29, 1.82) is 0 Å². The van der Waals surface area contributed by atoms with Gasteiger partial charge in [0.05, 0.1) is 0 Å². The van der Waals surface area contributed by atoms with Crippen LogP contribution in [0.25, 0.3) is 0 Å². The number of hydrogen-bond acceptors (Lipinski definition) is 3. The number of hydrogen-bond donors (Lipinski definition) is 3. The molecule has 0 aromatic heterocycles. The number of carbonyl (C=O) groups is 2. The highest BCUT2D eigenvalue weighted by molar-refractivity contribution is 7.99. The quantitative estimate of drug-likeness (QED) is 0.747. The van der Waals surface area contributed by atoms with Gasteiger partial charge in [0, 0.05) is 11.8 Å². The molecule has 1 aliphatic heterocycles. The van der Waals surface area contributed by atoms with E-state index in [9.17, 15) is 14.7 Å². The van der Waals surface area contributed by atoms with Gasteiger partial charge >= 0.3 is 12.0 Å². The summed E-state index contributed by atoms with van der Waals surface area (Å²) >= 11 is 1.84. The fourth-order valence-electron chi connectivity index (χ4n) is 2.94. The van der Waals surface area contributed by atoms with Gasteiger partial charge in [-0.15, -0.1) is 0 Å². The zero-order valence-electron chi connectivity index (χ0n) is 12.0. The van der Waals surface area contributed by atoms with Crippen LogP contribution in [0.3, 0.4) is 0 Å². The predicted molar refractivity (Wildman–Crippen MR) is 80.0 cm³/mol. The second-order valence-electron chi connectivity index (χ2n) is 6.08. The first-order valence-electron chi connectivity index (χ1n) is 7.42. The molecule has 2 aliphatic rings. The highest BCUT2D eigenvalue weighted by atomic mass is 32.2. The number of carboxylic acids is 1. The van der Waals surface area contributed by atoms with Crippen LogP contribution in [0.15, 0.2) is 0 Å². The molecule has 1 saturated heterocycles. The van der Waals surface area contributed by atoms with Crippen LogP contribution in [0.5, 0.6) is 0 Å². The lowest BCUT2D eigenvalue weighted by Gasteiger charge is -2.37. The number of aliphatic carboxylic acids is 1. The Morgan fingerprint density at radius 3 is 2.50 bits per heavy atom. The van der Waals surface area contributed by atoms with Crippen LogP contribution in [0, 0.1) is 5.92 Å². The molecule has 0 spiro atoms. The largest absolute Gasteiger partial charge is 0.480 e. The molecule has 3 N–H and O–H groups in total. The van der Waals surface area contributed by atoms with Crippen molar-refractivity contribution in [2.75, 3.05) is 11.5 Å². The molecule has 5 nitrogen and oxygen atoms in total. The van der Waals surface area contributed by atoms with Crippen LogP contribution in [-0.2, 0) is 4.79 Å². The number of carboxylic acid groups (broad SMARTS) is 1. The second kappa shape index (κ2) is 6.70. The van der Waals surface area contributed by atoms with Crippen molar-refractivity contribution in [2.24, 2.45) is 5.92 Å². The SMILES string of the molecule is CC1CCC(NC(=O)NC2CCCSC2)(C(=O)O)CC1. The maximum Gasteiger partial charge on any atom is 0.329 e. The van der Waals surface area contributed by atoms with Crippen molar-refractivity contribution in [2.45, 2.75) is 57.0 Å². The first-order valence-corrected chi connectivity index (χ1v) is 8.57. The fourth-order valence-corrected chi connectivity index (χ4v) is 4.01. The minimum Gasteiger partial charge on any atom is -0.480 e. The van der Waals surface area contributed by atoms with Gasteiger partial charge < -0.3 is 15.7 Å². The average molecular weight is 300 g/mol. The number of carbonyl (C=O) groups excluding carboxylic acids is 1. The maximum atomic E-state index is 12.1. The molecule has 0 bridgehead atoms. The van der Waals surface area contributed by atoms with E-state index >= 15 is 0 Å². The molecule has 1 unspecified atom stereocenters. The molecule has 1 aliphatic carbocycles. The predicted octanol–water partition coefficient (Wildman–Crippen LogP) is 2.21. The standard InChI is InChI=1S/C14H24N2O3S/c1-10-4-6-14(7-5-10,12(17)18)16-13(19)15-11-3-2-8-20-9-11/h10-11H,2-9H2,1H3,(H,17,18)(H2,15,16,19). The summed E-state index contributed by atoms with van der Waals surface area (Å²) in [4.78, 5) is 23.6. The van der Waals surface area contributed by atoms with E-state index in [4.69, 9.17) is 0 Å². The van der Waals surface area contributed by atoms with Gasteiger partial charge in [0.2, 0.25) is 0 Å². The number of amides is 2. The Labute approximate surface area is 124 Å². The van der Waals surface area contributed by atoms with E-state index in [1.165, 1.54) is 0 Å². The fraction of sp³-hybridized carbons (Fsp3) is 0.857. The highest BCUT2D eigenvalue weighted by Gasteiger charge is 2.42. The first-order chi connectivity index (χ1) is 9.52. The molecule has 2 fully saturated rings. The van der Waals surface area contributed by atoms with E-state index in [-0.39, 0.29) is 12.1 Å². The van der Waals surface area contributed by atoms with Crippen LogP contribution in [0.4, 0.5) is 4.79 Å². The maximum absolute atomic E-state index is 12.1. The molecule has 1 saturated carbocycles. The van der Waals surface area contributed by atoms with E-state index in [2.05, 4.69) is 17.6 Å². The van der Waals surface area contributed by atoms with Gasteiger partial charge in [-0.3, -0.25) is 0 Å². The molecule has 1 atom stereocenters. The molecule has 0 radical (unpaired) electrons. The Hall–Kier alpha value is -0.910. The number of urea groups is 1. The van der Waals surface area contributed by atoms with Crippen LogP contribution in [0.1, 0.15) is 45.4 Å². The van der Waals surface area contributed by atoms with E-state index in [0.29, 0.717) is 18.8 Å². The van der Waals surface area contributed by atoms with Gasteiger partial charge in [-0.2, -0.15) is 11.8 Å². The van der Waals surface area contributed by atoms with Crippen molar-refractivity contribution in [3.8, 4) is 0 Å². The Bertz CT molecular complexity index is 361. The number of thioether (sulfide) groups is 1. The molecule has 0 aromatic carbocycles. The normalized spacial score (nSPS) is 34.2. The van der Waals surface area contributed by atoms with Gasteiger partial charge in [0.25, 0.3) is 0 Å². The van der Waals surface area contributed by atoms with Gasteiger partial charge in [-0.05, 0) is 50.2 Å². The van der Waals surface area contributed by atoms with Crippen LogP contribution < -0.4 is 10.6 Å². The zero-order valence-corrected chi connectivity index (χ0v) is 12.8. The molecular formula is C14H24N2O3S. The number of nitrogens with one attached hydrogen (secondary N) is 2. The van der Waals surface area contributed by atoms with Crippen molar-refractivity contribution in [3.05, 3.63) is 0 Å². The van der Waals surface area contributed by atoms with Crippen LogP contribution in [0.2, 0.25) is 0 Å². The Kier molecular flexibility index (Phi) is 5.18. The molecule has 6 heteroatoms. The first kappa shape index (κ1) is 15.5. The van der Waals surface area contributed by atoms with E-state index in [1.54, 1.807) is 0 Å². The topological polar surface area (TPSA) is 78.4 Å². The summed E-state index contributed by atoms with van der Waals surface area (Å²) in [5.74, 6) is 1.71. The van der Waals surface area contributed by atoms with Crippen molar-refractivity contribution >= 4 is 23.8 Å². The Morgan fingerprint density at radius 2 is 1.95 bits per heavy atom. The summed E-state index contributed by atoms with van der Waals surface area (Å²) < 4.78 is 0. The Balaban J connectivity index is 1.90. The van der Waals surface area contributed by atoms with Crippen LogP contribution in [-0.4, -0.2) is 40.2 Å². The van der Waals surface area contributed by atoms with E-state index in [0.717, 1.165) is 37.2 Å². The van der Waals surface area contributed by atoms with Crippen LogP contribution >= 0.6 is 11.8 Å². The third kappa shape index (κ3) is 3.81. The van der Waals surface area contributed by atoms with Gasteiger partial charge in [0.15, 0.2) is 0 Å². The molecule has 2 rings (SSSR count). The lowest BCUT2D eigenvalue weighted by molar-refractivity contribution is -0.146. The highest BCUT2D eigenvalue weighted by Crippen LogP contribution is 2.32. The summed E-state index contributed by atoms with van der Waals surface area (Å²) in [5.41, 5.74) is -1.07. The molecule has 1 heterocycles. The summed E-state index contributed by atoms with van der Waals surface area (Å²) in [5, 5.41) is 15.1. The molecule has 20 heavy (non-hydrogen) atoms. The van der Waals surface area contributed by atoms with E-state index in [1.807, 2.05) is 11.8 Å². The van der Waals surface area contributed by atoms with Crippen molar-refractivity contribution in [3.63, 3.8) is 0 Å².